The highest BCUT2D eigenvalue weighted by atomic mass is 32.1. The van der Waals surface area contributed by atoms with Crippen molar-refractivity contribution in [2.45, 2.75) is 33.3 Å². The maximum absolute atomic E-state index is 12.3. The number of rotatable bonds is 6. The fraction of sp³-hybridized carbons (Fsp3) is 0.250. The maximum Gasteiger partial charge on any atom is 0.255 e. The van der Waals surface area contributed by atoms with Gasteiger partial charge >= 0.3 is 0 Å². The number of thiocarbonyl (C=S) groups is 1. The van der Waals surface area contributed by atoms with E-state index in [1.54, 1.807) is 55.5 Å². The van der Waals surface area contributed by atoms with Crippen molar-refractivity contribution < 1.29 is 14.3 Å². The molecule has 2 aromatic carbocycles. The molecule has 0 unspecified atom stereocenters. The Morgan fingerprint density at radius 3 is 2.04 bits per heavy atom. The highest BCUT2D eigenvalue weighted by molar-refractivity contribution is 7.80. The Bertz CT molecular complexity index is 802. The molecule has 27 heavy (non-hydrogen) atoms. The van der Waals surface area contributed by atoms with Gasteiger partial charge in [-0.25, -0.2) is 0 Å². The van der Waals surface area contributed by atoms with Crippen molar-refractivity contribution in [3.8, 4) is 5.75 Å². The SMILES string of the molecule is CCC(=O)NC(=S)Nc1ccc(NC(=O)c2ccc(OC(C)C)cc2)cc1. The summed E-state index contributed by atoms with van der Waals surface area (Å²) in [5, 5.41) is 8.55. The Hall–Kier alpha value is -2.93. The first-order valence-electron chi connectivity index (χ1n) is 8.66. The molecule has 0 saturated heterocycles. The van der Waals surface area contributed by atoms with E-state index < -0.39 is 0 Å². The minimum atomic E-state index is -0.211. The second-order valence-corrected chi connectivity index (χ2v) is 6.49. The van der Waals surface area contributed by atoms with Gasteiger partial charge in [-0.3, -0.25) is 9.59 Å². The fourth-order valence-corrected chi connectivity index (χ4v) is 2.41. The van der Waals surface area contributed by atoms with Crippen LogP contribution in [0.5, 0.6) is 5.75 Å². The molecule has 7 heteroatoms. The van der Waals surface area contributed by atoms with E-state index in [2.05, 4.69) is 16.0 Å². The van der Waals surface area contributed by atoms with Crippen LogP contribution in [-0.4, -0.2) is 23.0 Å². The van der Waals surface area contributed by atoms with E-state index in [0.29, 0.717) is 23.4 Å². The zero-order chi connectivity index (χ0) is 19.8. The smallest absolute Gasteiger partial charge is 0.255 e. The van der Waals surface area contributed by atoms with Crippen molar-refractivity contribution in [2.75, 3.05) is 10.6 Å². The average molecular weight is 385 g/mol. The quantitative estimate of drug-likeness (QED) is 0.656. The van der Waals surface area contributed by atoms with Crippen LogP contribution in [0.3, 0.4) is 0 Å². The van der Waals surface area contributed by atoms with E-state index in [4.69, 9.17) is 17.0 Å². The number of carbonyl (C=O) groups is 2. The van der Waals surface area contributed by atoms with E-state index in [9.17, 15) is 9.59 Å². The molecule has 0 bridgehead atoms. The number of benzene rings is 2. The number of anilines is 2. The summed E-state index contributed by atoms with van der Waals surface area (Å²) < 4.78 is 5.57. The molecule has 0 aliphatic carbocycles. The molecule has 3 N–H and O–H groups in total. The number of amides is 2. The minimum absolute atomic E-state index is 0.0833. The summed E-state index contributed by atoms with van der Waals surface area (Å²) in [6, 6.07) is 14.0. The van der Waals surface area contributed by atoms with Crippen molar-refractivity contribution >= 4 is 40.5 Å². The van der Waals surface area contributed by atoms with Gasteiger partial charge in [0.25, 0.3) is 5.91 Å². The molecule has 2 aromatic rings. The molecule has 0 aliphatic rings. The lowest BCUT2D eigenvalue weighted by Gasteiger charge is -2.11. The Kier molecular flexibility index (Phi) is 7.31. The van der Waals surface area contributed by atoms with Crippen molar-refractivity contribution in [1.29, 1.82) is 0 Å². The minimum Gasteiger partial charge on any atom is -0.491 e. The standard InChI is InChI=1S/C20H23N3O3S/c1-4-18(24)23-20(27)22-16-9-7-15(8-10-16)21-19(25)14-5-11-17(12-6-14)26-13(2)3/h5-13H,4H2,1-3H3,(H,21,25)(H2,22,23,24,27). The molecule has 2 rings (SSSR count). The van der Waals surface area contributed by atoms with Crippen molar-refractivity contribution in [1.82, 2.24) is 5.32 Å². The van der Waals surface area contributed by atoms with Crippen LogP contribution >= 0.6 is 12.2 Å². The molecule has 0 heterocycles. The Morgan fingerprint density at radius 2 is 1.52 bits per heavy atom. The van der Waals surface area contributed by atoms with Gasteiger partial charge in [-0.2, -0.15) is 0 Å². The van der Waals surface area contributed by atoms with Crippen LogP contribution in [0.25, 0.3) is 0 Å². The van der Waals surface area contributed by atoms with E-state index in [-0.39, 0.29) is 23.0 Å². The van der Waals surface area contributed by atoms with Crippen LogP contribution in [-0.2, 0) is 4.79 Å². The predicted octanol–water partition coefficient (Wildman–Crippen LogP) is 3.95. The number of nitrogens with one attached hydrogen (secondary N) is 3. The lowest BCUT2D eigenvalue weighted by atomic mass is 10.2. The molecule has 0 aromatic heterocycles. The zero-order valence-electron chi connectivity index (χ0n) is 15.5. The number of carbonyl (C=O) groups excluding carboxylic acids is 2. The first-order chi connectivity index (χ1) is 12.9. The van der Waals surface area contributed by atoms with Crippen LogP contribution in [0.2, 0.25) is 0 Å². The van der Waals surface area contributed by atoms with Gasteiger partial charge in [0.1, 0.15) is 5.75 Å². The van der Waals surface area contributed by atoms with Crippen LogP contribution in [0.4, 0.5) is 11.4 Å². The van der Waals surface area contributed by atoms with Crippen LogP contribution in [0, 0.1) is 0 Å². The first kappa shape index (κ1) is 20.4. The summed E-state index contributed by atoms with van der Waals surface area (Å²) in [7, 11) is 0. The third kappa shape index (κ3) is 6.71. The molecular weight excluding hydrogens is 362 g/mol. The molecule has 0 saturated carbocycles. The van der Waals surface area contributed by atoms with Crippen molar-refractivity contribution in [3.63, 3.8) is 0 Å². The third-order valence-corrected chi connectivity index (χ3v) is 3.67. The normalized spacial score (nSPS) is 10.2. The lowest BCUT2D eigenvalue weighted by Crippen LogP contribution is -2.33. The van der Waals surface area contributed by atoms with E-state index in [1.807, 2.05) is 13.8 Å². The first-order valence-corrected chi connectivity index (χ1v) is 9.07. The topological polar surface area (TPSA) is 79.5 Å². The monoisotopic (exact) mass is 385 g/mol. The van der Waals surface area contributed by atoms with E-state index >= 15 is 0 Å². The molecule has 0 atom stereocenters. The molecular formula is C20H23N3O3S. The summed E-state index contributed by atoms with van der Waals surface area (Å²) in [5.41, 5.74) is 1.90. The second kappa shape index (κ2) is 9.68. The van der Waals surface area contributed by atoms with Gasteiger partial charge in [-0.1, -0.05) is 6.92 Å². The summed E-state index contributed by atoms with van der Waals surface area (Å²) in [6.07, 6.45) is 0.442. The summed E-state index contributed by atoms with van der Waals surface area (Å²) in [4.78, 5) is 23.6. The summed E-state index contributed by atoms with van der Waals surface area (Å²) >= 11 is 5.06. The maximum atomic E-state index is 12.3. The average Bonchev–Trinajstić information content (AvgIpc) is 2.63. The molecule has 142 valence electrons. The van der Waals surface area contributed by atoms with Gasteiger partial charge < -0.3 is 20.7 Å². The number of hydrogen-bond acceptors (Lipinski definition) is 4. The predicted molar refractivity (Wildman–Crippen MR) is 111 cm³/mol. The summed E-state index contributed by atoms with van der Waals surface area (Å²) in [5.74, 6) is 0.363. The largest absolute Gasteiger partial charge is 0.491 e. The Balaban J connectivity index is 1.92. The molecule has 0 fully saturated rings. The molecule has 6 nitrogen and oxygen atoms in total. The molecule has 2 amide bonds. The van der Waals surface area contributed by atoms with Gasteiger partial charge in [0, 0.05) is 23.4 Å². The number of hydrogen-bond donors (Lipinski definition) is 3. The Labute approximate surface area is 164 Å². The zero-order valence-corrected chi connectivity index (χ0v) is 16.4. The second-order valence-electron chi connectivity index (χ2n) is 6.08. The fourth-order valence-electron chi connectivity index (χ4n) is 2.17. The van der Waals surface area contributed by atoms with Gasteiger partial charge in [0.15, 0.2) is 5.11 Å². The lowest BCUT2D eigenvalue weighted by molar-refractivity contribution is -0.119. The molecule has 0 radical (unpaired) electrons. The van der Waals surface area contributed by atoms with Crippen LogP contribution < -0.4 is 20.7 Å². The van der Waals surface area contributed by atoms with Crippen LogP contribution in [0.15, 0.2) is 48.5 Å². The van der Waals surface area contributed by atoms with Gasteiger partial charge in [-0.15, -0.1) is 0 Å². The van der Waals surface area contributed by atoms with Crippen LogP contribution in [0.1, 0.15) is 37.6 Å². The Morgan fingerprint density at radius 1 is 0.963 bits per heavy atom. The third-order valence-electron chi connectivity index (χ3n) is 3.46. The highest BCUT2D eigenvalue weighted by Crippen LogP contribution is 2.17. The number of ether oxygens (including phenoxy) is 1. The molecule has 0 aliphatic heterocycles. The van der Waals surface area contributed by atoms with E-state index in [0.717, 1.165) is 5.75 Å². The van der Waals surface area contributed by atoms with E-state index in [1.165, 1.54) is 0 Å². The van der Waals surface area contributed by atoms with Gasteiger partial charge in [-0.05, 0) is 74.6 Å². The molecule has 0 spiro atoms. The van der Waals surface area contributed by atoms with Gasteiger partial charge in [0.2, 0.25) is 5.91 Å². The summed E-state index contributed by atoms with van der Waals surface area (Å²) in [6.45, 7) is 5.65. The van der Waals surface area contributed by atoms with Crippen molar-refractivity contribution in [3.05, 3.63) is 54.1 Å². The van der Waals surface area contributed by atoms with Gasteiger partial charge in [0.05, 0.1) is 6.10 Å². The van der Waals surface area contributed by atoms with Crippen molar-refractivity contribution in [2.24, 2.45) is 0 Å². The highest BCUT2D eigenvalue weighted by Gasteiger charge is 2.07.